The zero-order valence-electron chi connectivity index (χ0n) is 14.5. The molecule has 0 spiro atoms. The molecule has 0 unspecified atom stereocenters. The molecule has 0 aliphatic carbocycles. The molecule has 2 heterocycles. The second-order valence-electron chi connectivity index (χ2n) is 6.18. The van der Waals surface area contributed by atoms with Crippen LogP contribution in [0.5, 0.6) is 5.75 Å². The molecule has 0 atom stereocenters. The molecule has 1 saturated heterocycles. The number of aromatic amines is 1. The van der Waals surface area contributed by atoms with E-state index < -0.39 is 0 Å². The lowest BCUT2D eigenvalue weighted by Crippen LogP contribution is -2.49. The van der Waals surface area contributed by atoms with Gasteiger partial charge in [-0.2, -0.15) is 5.10 Å². The highest BCUT2D eigenvalue weighted by Crippen LogP contribution is 2.23. The monoisotopic (exact) mass is 328 g/mol. The maximum absolute atomic E-state index is 12.5. The van der Waals surface area contributed by atoms with E-state index in [1.165, 1.54) is 5.69 Å². The first-order valence-electron chi connectivity index (χ1n) is 8.25. The average molecular weight is 328 g/mol. The van der Waals surface area contributed by atoms with Crippen LogP contribution in [0.2, 0.25) is 0 Å². The molecular weight excluding hydrogens is 304 g/mol. The molecule has 1 aromatic carbocycles. The SMILES string of the molecule is COc1ccc(CC(=O)N2CCN(c3c(C)n[nH]c3C)CC2)cc1. The van der Waals surface area contributed by atoms with Gasteiger partial charge in [0.05, 0.1) is 30.6 Å². The largest absolute Gasteiger partial charge is 0.497 e. The fourth-order valence-corrected chi connectivity index (χ4v) is 3.22. The molecule has 1 aliphatic rings. The molecule has 3 rings (SSSR count). The van der Waals surface area contributed by atoms with Crippen molar-refractivity contribution in [2.45, 2.75) is 20.3 Å². The van der Waals surface area contributed by atoms with Crippen LogP contribution in [0.25, 0.3) is 0 Å². The third kappa shape index (κ3) is 3.37. The number of amides is 1. The van der Waals surface area contributed by atoms with Gasteiger partial charge in [0.1, 0.15) is 5.75 Å². The van der Waals surface area contributed by atoms with Crippen molar-refractivity contribution in [1.82, 2.24) is 15.1 Å². The Morgan fingerprint density at radius 3 is 2.38 bits per heavy atom. The number of anilines is 1. The molecule has 24 heavy (non-hydrogen) atoms. The molecule has 1 aromatic heterocycles. The molecule has 128 valence electrons. The van der Waals surface area contributed by atoms with E-state index >= 15 is 0 Å². The highest BCUT2D eigenvalue weighted by molar-refractivity contribution is 5.79. The summed E-state index contributed by atoms with van der Waals surface area (Å²) in [6, 6.07) is 7.69. The number of aryl methyl sites for hydroxylation is 2. The van der Waals surface area contributed by atoms with Gasteiger partial charge in [-0.1, -0.05) is 12.1 Å². The van der Waals surface area contributed by atoms with Crippen LogP contribution in [0.15, 0.2) is 24.3 Å². The minimum Gasteiger partial charge on any atom is -0.497 e. The second-order valence-corrected chi connectivity index (χ2v) is 6.18. The molecule has 1 aliphatic heterocycles. The molecule has 2 aromatic rings. The van der Waals surface area contributed by atoms with E-state index in [4.69, 9.17) is 4.74 Å². The Morgan fingerprint density at radius 1 is 1.17 bits per heavy atom. The standard InChI is InChI=1S/C18H24N4O2/c1-13-18(14(2)20-19-13)22-10-8-21(9-11-22)17(23)12-15-4-6-16(24-3)7-5-15/h4-7H,8-12H2,1-3H3,(H,19,20). The van der Waals surface area contributed by atoms with E-state index in [1.54, 1.807) is 7.11 Å². The van der Waals surface area contributed by atoms with Crippen LogP contribution in [0.4, 0.5) is 5.69 Å². The maximum atomic E-state index is 12.5. The third-order valence-corrected chi connectivity index (χ3v) is 4.55. The molecule has 0 saturated carbocycles. The molecule has 6 heteroatoms. The van der Waals surface area contributed by atoms with Gasteiger partial charge < -0.3 is 14.5 Å². The quantitative estimate of drug-likeness (QED) is 0.931. The zero-order valence-corrected chi connectivity index (χ0v) is 14.5. The Hall–Kier alpha value is -2.50. The van der Waals surface area contributed by atoms with Gasteiger partial charge in [-0.25, -0.2) is 0 Å². The van der Waals surface area contributed by atoms with E-state index in [9.17, 15) is 4.79 Å². The van der Waals surface area contributed by atoms with Crippen LogP contribution in [-0.2, 0) is 11.2 Å². The van der Waals surface area contributed by atoms with Crippen LogP contribution in [0.3, 0.4) is 0 Å². The summed E-state index contributed by atoms with van der Waals surface area (Å²) in [5, 5.41) is 7.29. The lowest BCUT2D eigenvalue weighted by molar-refractivity contribution is -0.130. The van der Waals surface area contributed by atoms with Crippen LogP contribution in [0.1, 0.15) is 17.0 Å². The third-order valence-electron chi connectivity index (χ3n) is 4.55. The van der Waals surface area contributed by atoms with Gasteiger partial charge in [0.25, 0.3) is 0 Å². The fraction of sp³-hybridized carbons (Fsp3) is 0.444. The van der Waals surface area contributed by atoms with Crippen molar-refractivity contribution in [3.63, 3.8) is 0 Å². The number of ether oxygens (including phenoxy) is 1. The number of benzene rings is 1. The minimum atomic E-state index is 0.181. The van der Waals surface area contributed by atoms with Crippen molar-refractivity contribution in [2.75, 3.05) is 38.2 Å². The Balaban J connectivity index is 1.57. The van der Waals surface area contributed by atoms with Gasteiger partial charge in [-0.3, -0.25) is 9.89 Å². The normalized spacial score (nSPS) is 14.8. The summed E-state index contributed by atoms with van der Waals surface area (Å²) in [6.07, 6.45) is 0.438. The Morgan fingerprint density at radius 2 is 1.83 bits per heavy atom. The summed E-state index contributed by atoms with van der Waals surface area (Å²) in [5.41, 5.74) is 4.30. The van der Waals surface area contributed by atoms with E-state index in [1.807, 2.05) is 43.0 Å². The number of hydrogen-bond acceptors (Lipinski definition) is 4. The summed E-state index contributed by atoms with van der Waals surface area (Å²) >= 11 is 0. The number of methoxy groups -OCH3 is 1. The number of rotatable bonds is 4. The number of carbonyl (C=O) groups excluding carboxylic acids is 1. The summed E-state index contributed by atoms with van der Waals surface area (Å²) in [4.78, 5) is 16.8. The number of piperazine rings is 1. The minimum absolute atomic E-state index is 0.181. The molecular formula is C18H24N4O2. The zero-order chi connectivity index (χ0) is 17.1. The van der Waals surface area contributed by atoms with Gasteiger partial charge in [-0.05, 0) is 31.5 Å². The first-order valence-corrected chi connectivity index (χ1v) is 8.25. The fourth-order valence-electron chi connectivity index (χ4n) is 3.22. The molecule has 6 nitrogen and oxygen atoms in total. The Labute approximate surface area is 142 Å². The second kappa shape index (κ2) is 6.95. The highest BCUT2D eigenvalue weighted by Gasteiger charge is 2.24. The number of nitrogens with one attached hydrogen (secondary N) is 1. The van der Waals surface area contributed by atoms with Crippen molar-refractivity contribution in [1.29, 1.82) is 0 Å². The number of nitrogens with zero attached hydrogens (tertiary/aromatic N) is 3. The summed E-state index contributed by atoms with van der Waals surface area (Å²) in [6.45, 7) is 7.24. The Kier molecular flexibility index (Phi) is 4.74. The molecule has 1 N–H and O–H groups in total. The predicted octanol–water partition coefficient (Wildman–Crippen LogP) is 1.93. The van der Waals surface area contributed by atoms with Gasteiger partial charge in [-0.15, -0.1) is 0 Å². The lowest BCUT2D eigenvalue weighted by atomic mass is 10.1. The number of aromatic nitrogens is 2. The highest BCUT2D eigenvalue weighted by atomic mass is 16.5. The van der Waals surface area contributed by atoms with Crippen molar-refractivity contribution in [3.8, 4) is 5.75 Å². The molecule has 0 bridgehead atoms. The first-order chi connectivity index (χ1) is 11.6. The van der Waals surface area contributed by atoms with Gasteiger partial charge in [0.15, 0.2) is 0 Å². The number of carbonyl (C=O) groups is 1. The van der Waals surface area contributed by atoms with Crippen molar-refractivity contribution in [3.05, 3.63) is 41.2 Å². The van der Waals surface area contributed by atoms with Gasteiger partial charge in [0.2, 0.25) is 5.91 Å². The number of hydrogen-bond donors (Lipinski definition) is 1. The first kappa shape index (κ1) is 16.4. The van der Waals surface area contributed by atoms with E-state index in [2.05, 4.69) is 15.1 Å². The van der Waals surface area contributed by atoms with E-state index in [-0.39, 0.29) is 5.91 Å². The average Bonchev–Trinajstić information content (AvgIpc) is 2.94. The van der Waals surface area contributed by atoms with Crippen LogP contribution < -0.4 is 9.64 Å². The van der Waals surface area contributed by atoms with Crippen LogP contribution in [0, 0.1) is 13.8 Å². The van der Waals surface area contributed by atoms with Crippen LogP contribution in [-0.4, -0.2) is 54.3 Å². The molecule has 1 amide bonds. The molecule has 0 radical (unpaired) electrons. The predicted molar refractivity (Wildman–Crippen MR) is 93.6 cm³/mol. The van der Waals surface area contributed by atoms with Gasteiger partial charge >= 0.3 is 0 Å². The summed E-state index contributed by atoms with van der Waals surface area (Å²) in [5.74, 6) is 0.992. The van der Waals surface area contributed by atoms with Crippen molar-refractivity contribution >= 4 is 11.6 Å². The lowest BCUT2D eigenvalue weighted by Gasteiger charge is -2.36. The van der Waals surface area contributed by atoms with E-state index in [0.29, 0.717) is 6.42 Å². The van der Waals surface area contributed by atoms with Crippen LogP contribution >= 0.6 is 0 Å². The topological polar surface area (TPSA) is 61.5 Å². The van der Waals surface area contributed by atoms with E-state index in [0.717, 1.165) is 48.9 Å². The Bertz CT molecular complexity index is 681. The maximum Gasteiger partial charge on any atom is 0.227 e. The smallest absolute Gasteiger partial charge is 0.227 e. The van der Waals surface area contributed by atoms with Gasteiger partial charge in [0, 0.05) is 26.2 Å². The number of H-pyrrole nitrogens is 1. The summed E-state index contributed by atoms with van der Waals surface area (Å²) < 4.78 is 5.15. The van der Waals surface area contributed by atoms with Crippen molar-refractivity contribution < 1.29 is 9.53 Å². The van der Waals surface area contributed by atoms with Crippen molar-refractivity contribution in [2.24, 2.45) is 0 Å². The molecule has 1 fully saturated rings. The summed E-state index contributed by atoms with van der Waals surface area (Å²) in [7, 11) is 1.64.